The van der Waals surface area contributed by atoms with Gasteiger partial charge in [-0.25, -0.2) is 0 Å². The summed E-state index contributed by atoms with van der Waals surface area (Å²) in [5, 5.41) is 12.6. The molecule has 0 saturated heterocycles. The average Bonchev–Trinajstić information content (AvgIpc) is 3.07. The second kappa shape index (κ2) is 2.57. The van der Waals surface area contributed by atoms with Gasteiger partial charge in [-0.1, -0.05) is 12.1 Å². The smallest absolute Gasteiger partial charge is 0.231 e. The molecule has 1 heterocycles. The Hall–Kier alpha value is -1.37. The topological polar surface area (TPSA) is 62.7 Å². The minimum atomic E-state index is 0.111. The molecule has 4 atom stereocenters. The van der Waals surface area contributed by atoms with Crippen molar-refractivity contribution in [3.63, 3.8) is 0 Å². The lowest BCUT2D eigenvalue weighted by Gasteiger charge is -1.84. The first kappa shape index (κ1) is 7.98. The van der Waals surface area contributed by atoms with Crippen LogP contribution in [0.1, 0.15) is 43.3 Å². The van der Waals surface area contributed by atoms with Crippen LogP contribution in [0.15, 0.2) is 4.52 Å². The molecule has 0 spiro atoms. The molecule has 2 saturated carbocycles. The molecule has 2 aliphatic carbocycles. The van der Waals surface area contributed by atoms with Crippen LogP contribution in [-0.4, -0.2) is 10.1 Å². The molecule has 0 N–H and O–H groups in total. The summed E-state index contributed by atoms with van der Waals surface area (Å²) in [5.74, 6) is 3.05. The Morgan fingerprint density at radius 3 is 2.79 bits per heavy atom. The fraction of sp³-hybridized carbons (Fsp3) is 0.700. The number of rotatable bonds is 2. The Kier molecular flexibility index (Phi) is 1.46. The molecule has 3 rings (SSSR count). The van der Waals surface area contributed by atoms with Crippen LogP contribution < -0.4 is 0 Å². The SMILES string of the molecule is CC1CC1c1noc(C2CC2C#N)n1. The molecule has 1 aromatic rings. The van der Waals surface area contributed by atoms with Gasteiger partial charge in [-0.2, -0.15) is 10.2 Å². The highest BCUT2D eigenvalue weighted by Crippen LogP contribution is 2.49. The van der Waals surface area contributed by atoms with Crippen LogP contribution >= 0.6 is 0 Å². The lowest BCUT2D eigenvalue weighted by Crippen LogP contribution is -1.86. The summed E-state index contributed by atoms with van der Waals surface area (Å²) >= 11 is 0. The monoisotopic (exact) mass is 189 g/mol. The summed E-state index contributed by atoms with van der Waals surface area (Å²) in [5.41, 5.74) is 0. The number of aromatic nitrogens is 2. The lowest BCUT2D eigenvalue weighted by atomic mass is 10.3. The van der Waals surface area contributed by atoms with Gasteiger partial charge in [-0.15, -0.1) is 0 Å². The van der Waals surface area contributed by atoms with E-state index in [0.717, 1.165) is 12.2 Å². The van der Waals surface area contributed by atoms with Gasteiger partial charge in [0.1, 0.15) is 0 Å². The minimum absolute atomic E-state index is 0.111. The first-order valence-corrected chi connectivity index (χ1v) is 5.02. The molecular formula is C10H11N3O. The predicted molar refractivity (Wildman–Crippen MR) is 47.3 cm³/mol. The Balaban J connectivity index is 1.76. The minimum Gasteiger partial charge on any atom is -0.339 e. The van der Waals surface area contributed by atoms with Crippen LogP contribution in [0.5, 0.6) is 0 Å². The molecule has 14 heavy (non-hydrogen) atoms. The van der Waals surface area contributed by atoms with Crippen molar-refractivity contribution in [3.05, 3.63) is 11.7 Å². The summed E-state index contributed by atoms with van der Waals surface area (Å²) < 4.78 is 5.16. The van der Waals surface area contributed by atoms with Crippen molar-refractivity contribution in [3.8, 4) is 6.07 Å². The Morgan fingerprint density at radius 1 is 1.43 bits per heavy atom. The molecule has 1 aromatic heterocycles. The lowest BCUT2D eigenvalue weighted by molar-refractivity contribution is 0.372. The number of hydrogen-bond donors (Lipinski definition) is 0. The largest absolute Gasteiger partial charge is 0.339 e. The zero-order valence-electron chi connectivity index (χ0n) is 7.97. The molecule has 0 amide bonds. The third-order valence-corrected chi connectivity index (χ3v) is 3.17. The van der Waals surface area contributed by atoms with Crippen LogP contribution in [0.2, 0.25) is 0 Å². The fourth-order valence-electron chi connectivity index (χ4n) is 1.84. The highest BCUT2D eigenvalue weighted by molar-refractivity contribution is 5.17. The van der Waals surface area contributed by atoms with E-state index < -0.39 is 0 Å². The van der Waals surface area contributed by atoms with Crippen LogP contribution in [0, 0.1) is 23.2 Å². The van der Waals surface area contributed by atoms with Gasteiger partial charge in [0.15, 0.2) is 5.82 Å². The van der Waals surface area contributed by atoms with E-state index in [1.165, 1.54) is 6.42 Å². The van der Waals surface area contributed by atoms with Gasteiger partial charge >= 0.3 is 0 Å². The van der Waals surface area contributed by atoms with Gasteiger partial charge in [0.2, 0.25) is 5.89 Å². The summed E-state index contributed by atoms with van der Waals surface area (Å²) in [4.78, 5) is 4.35. The van der Waals surface area contributed by atoms with E-state index in [1.807, 2.05) is 0 Å². The van der Waals surface area contributed by atoms with Crippen molar-refractivity contribution in [2.24, 2.45) is 11.8 Å². The summed E-state index contributed by atoms with van der Waals surface area (Å²) in [6.45, 7) is 2.19. The second-order valence-electron chi connectivity index (χ2n) is 4.39. The van der Waals surface area contributed by atoms with Crippen molar-refractivity contribution in [2.45, 2.75) is 31.6 Å². The van der Waals surface area contributed by atoms with E-state index in [2.05, 4.69) is 23.1 Å². The zero-order chi connectivity index (χ0) is 9.71. The molecular weight excluding hydrogens is 178 g/mol. The van der Waals surface area contributed by atoms with E-state index in [9.17, 15) is 0 Å². The molecule has 0 bridgehead atoms. The standard InChI is InChI=1S/C10H11N3O/c1-5-2-7(5)9-12-10(14-13-9)8-3-6(8)4-11/h5-8H,2-3H2,1H3. The molecule has 0 aromatic carbocycles. The van der Waals surface area contributed by atoms with E-state index in [-0.39, 0.29) is 11.8 Å². The van der Waals surface area contributed by atoms with Gasteiger partial charge in [0.05, 0.1) is 17.9 Å². The normalized spacial score (nSPS) is 39.1. The van der Waals surface area contributed by atoms with E-state index in [0.29, 0.717) is 17.7 Å². The second-order valence-corrected chi connectivity index (χ2v) is 4.39. The van der Waals surface area contributed by atoms with Crippen molar-refractivity contribution >= 4 is 0 Å². The van der Waals surface area contributed by atoms with E-state index in [4.69, 9.17) is 9.78 Å². The van der Waals surface area contributed by atoms with Gasteiger partial charge in [0.25, 0.3) is 0 Å². The average molecular weight is 189 g/mol. The zero-order valence-corrected chi connectivity index (χ0v) is 7.97. The highest BCUT2D eigenvalue weighted by Gasteiger charge is 2.45. The maximum atomic E-state index is 8.67. The molecule has 4 unspecified atom stereocenters. The van der Waals surface area contributed by atoms with Gasteiger partial charge < -0.3 is 4.52 Å². The molecule has 2 aliphatic rings. The molecule has 72 valence electrons. The Labute approximate surface area is 81.9 Å². The molecule has 4 nitrogen and oxygen atoms in total. The summed E-state index contributed by atoms with van der Waals surface area (Å²) in [6.07, 6.45) is 2.06. The van der Waals surface area contributed by atoms with Crippen LogP contribution in [-0.2, 0) is 0 Å². The molecule has 2 fully saturated rings. The fourth-order valence-corrected chi connectivity index (χ4v) is 1.84. The summed E-state index contributed by atoms with van der Waals surface area (Å²) in [6, 6.07) is 2.22. The quantitative estimate of drug-likeness (QED) is 0.711. The van der Waals surface area contributed by atoms with Crippen LogP contribution in [0.25, 0.3) is 0 Å². The molecule has 4 heteroatoms. The third kappa shape index (κ3) is 1.12. The van der Waals surface area contributed by atoms with Crippen LogP contribution in [0.4, 0.5) is 0 Å². The van der Waals surface area contributed by atoms with Gasteiger partial charge in [-0.3, -0.25) is 0 Å². The summed E-state index contributed by atoms with van der Waals surface area (Å²) in [7, 11) is 0. The van der Waals surface area contributed by atoms with E-state index in [1.54, 1.807) is 0 Å². The first-order chi connectivity index (χ1) is 6.79. The highest BCUT2D eigenvalue weighted by atomic mass is 16.5. The maximum absolute atomic E-state index is 8.67. The number of nitrogens with zero attached hydrogens (tertiary/aromatic N) is 3. The molecule has 0 radical (unpaired) electrons. The number of hydrogen-bond acceptors (Lipinski definition) is 4. The van der Waals surface area contributed by atoms with Crippen molar-refractivity contribution in [1.82, 2.24) is 10.1 Å². The Bertz CT molecular complexity index is 406. The Morgan fingerprint density at radius 2 is 2.21 bits per heavy atom. The van der Waals surface area contributed by atoms with Crippen LogP contribution in [0.3, 0.4) is 0 Å². The van der Waals surface area contributed by atoms with Crippen molar-refractivity contribution in [1.29, 1.82) is 5.26 Å². The maximum Gasteiger partial charge on any atom is 0.231 e. The van der Waals surface area contributed by atoms with Crippen molar-refractivity contribution < 1.29 is 4.52 Å². The van der Waals surface area contributed by atoms with E-state index >= 15 is 0 Å². The molecule has 0 aliphatic heterocycles. The third-order valence-electron chi connectivity index (χ3n) is 3.17. The number of nitriles is 1. The van der Waals surface area contributed by atoms with Gasteiger partial charge in [-0.05, 0) is 18.8 Å². The first-order valence-electron chi connectivity index (χ1n) is 5.02. The van der Waals surface area contributed by atoms with Gasteiger partial charge in [0, 0.05) is 5.92 Å². The van der Waals surface area contributed by atoms with Crippen molar-refractivity contribution in [2.75, 3.05) is 0 Å². The predicted octanol–water partition coefficient (Wildman–Crippen LogP) is 1.82.